The number of aryl methyl sites for hydroxylation is 2. The molecule has 0 aliphatic carbocycles. The topological polar surface area (TPSA) is 148 Å². The van der Waals surface area contributed by atoms with E-state index in [1.807, 2.05) is 6.92 Å². The average Bonchev–Trinajstić information content (AvgIpc) is 3.35. The van der Waals surface area contributed by atoms with Gasteiger partial charge in [-0.3, -0.25) is 24.6 Å². The Balaban J connectivity index is 1.77. The highest BCUT2D eigenvalue weighted by atomic mass is 32.2. The van der Waals surface area contributed by atoms with Crippen LogP contribution in [0.4, 0.5) is 5.69 Å². The summed E-state index contributed by atoms with van der Waals surface area (Å²) in [5, 5.41) is 14.8. The normalized spacial score (nSPS) is 12.3. The number of aromatic amines is 1. The molecule has 0 radical (unpaired) electrons. The molecule has 10 nitrogen and oxygen atoms in total. The molecule has 2 heterocycles. The van der Waals surface area contributed by atoms with Gasteiger partial charge in [-0.1, -0.05) is 6.58 Å². The zero-order valence-electron chi connectivity index (χ0n) is 18.1. The summed E-state index contributed by atoms with van der Waals surface area (Å²) in [5.74, 6) is 0.570. The number of hydrogen-bond donors (Lipinski definition) is 2. The van der Waals surface area contributed by atoms with Gasteiger partial charge in [0.2, 0.25) is 0 Å². The summed E-state index contributed by atoms with van der Waals surface area (Å²) in [6, 6.07) is 11.4. The van der Waals surface area contributed by atoms with Crippen molar-refractivity contribution in [3.8, 4) is 17.0 Å². The molecule has 0 saturated heterocycles. The number of nitro groups is 1. The molecule has 0 saturated carbocycles. The molecule has 0 aliphatic heterocycles. The molecule has 4 rings (SSSR count). The van der Waals surface area contributed by atoms with Crippen molar-refractivity contribution in [2.45, 2.75) is 18.7 Å². The molecule has 0 unspecified atom stereocenters. The van der Waals surface area contributed by atoms with Crippen molar-refractivity contribution < 1.29 is 22.3 Å². The van der Waals surface area contributed by atoms with Crippen molar-refractivity contribution in [1.29, 1.82) is 0 Å². The predicted molar refractivity (Wildman–Crippen MR) is 125 cm³/mol. The molecule has 174 valence electrons. The van der Waals surface area contributed by atoms with E-state index in [-0.39, 0.29) is 32.7 Å². The number of rotatable bonds is 5. The maximum Gasteiger partial charge on any atom is 0.294 e. The maximum atomic E-state index is 12.9. The van der Waals surface area contributed by atoms with Crippen LogP contribution < -0.4 is 16.1 Å². The number of nitrogens with zero attached hydrogens (tertiary/aromatic N) is 2. The van der Waals surface area contributed by atoms with Crippen LogP contribution in [0.5, 0.6) is 0 Å². The molecule has 2 aromatic heterocycles. The minimum absolute atomic E-state index is 0.0841. The third-order valence-electron chi connectivity index (χ3n) is 5.39. The summed E-state index contributed by atoms with van der Waals surface area (Å²) in [6.45, 7) is 7.46. The van der Waals surface area contributed by atoms with E-state index in [4.69, 9.17) is 8.97 Å². The van der Waals surface area contributed by atoms with Crippen molar-refractivity contribution >= 4 is 28.5 Å². The van der Waals surface area contributed by atoms with Crippen LogP contribution in [-0.2, 0) is 10.1 Å². The van der Waals surface area contributed by atoms with E-state index in [1.54, 1.807) is 25.1 Å². The second-order valence-electron chi connectivity index (χ2n) is 7.67. The van der Waals surface area contributed by atoms with Crippen molar-refractivity contribution in [1.82, 2.24) is 9.78 Å². The summed E-state index contributed by atoms with van der Waals surface area (Å²) in [4.78, 5) is 23.7. The first-order valence-electron chi connectivity index (χ1n) is 9.91. The van der Waals surface area contributed by atoms with Crippen LogP contribution in [0.2, 0.25) is 0 Å². The molecule has 0 bridgehead atoms. The Kier molecular flexibility index (Phi) is 5.59. The molecule has 0 spiro atoms. The van der Waals surface area contributed by atoms with E-state index in [0.29, 0.717) is 11.3 Å². The SMILES string of the molecule is C=c1[nH]n(-c2ccc(S(=O)(=O)O)cc2)c(=O)/c1=C\c1ccc(-c2cc(C)c(C)cc2[N+](=O)[O-])o1. The third kappa shape index (κ3) is 4.21. The number of benzene rings is 2. The largest absolute Gasteiger partial charge is 0.456 e. The van der Waals surface area contributed by atoms with Gasteiger partial charge in [-0.2, -0.15) is 8.42 Å². The quantitative estimate of drug-likeness (QED) is 0.253. The molecule has 2 N–H and O–H groups in total. The smallest absolute Gasteiger partial charge is 0.294 e. The van der Waals surface area contributed by atoms with E-state index in [9.17, 15) is 23.3 Å². The molecular formula is C23H19N3O7S. The molecule has 4 aromatic rings. The Morgan fingerprint density at radius 3 is 2.38 bits per heavy atom. The highest BCUT2D eigenvalue weighted by molar-refractivity contribution is 7.85. The van der Waals surface area contributed by atoms with Crippen molar-refractivity contribution in [3.63, 3.8) is 0 Å². The van der Waals surface area contributed by atoms with Gasteiger partial charge in [-0.15, -0.1) is 0 Å². The molecule has 34 heavy (non-hydrogen) atoms. The van der Waals surface area contributed by atoms with Crippen LogP contribution >= 0.6 is 0 Å². The van der Waals surface area contributed by atoms with Crippen LogP contribution in [0.25, 0.3) is 29.7 Å². The lowest BCUT2D eigenvalue weighted by molar-refractivity contribution is -0.384. The highest BCUT2D eigenvalue weighted by Crippen LogP contribution is 2.33. The minimum atomic E-state index is -4.36. The Morgan fingerprint density at radius 1 is 1.12 bits per heavy atom. The van der Waals surface area contributed by atoms with Gasteiger partial charge in [-0.25, -0.2) is 4.68 Å². The number of H-pyrrole nitrogens is 1. The van der Waals surface area contributed by atoms with Gasteiger partial charge in [0.05, 0.1) is 31.6 Å². The Labute approximate surface area is 193 Å². The first-order chi connectivity index (χ1) is 16.0. The Morgan fingerprint density at radius 2 is 1.76 bits per heavy atom. The van der Waals surface area contributed by atoms with Gasteiger partial charge < -0.3 is 4.42 Å². The zero-order chi connectivity index (χ0) is 24.8. The second-order valence-corrected chi connectivity index (χ2v) is 9.09. The molecule has 2 aromatic carbocycles. The van der Waals surface area contributed by atoms with Gasteiger partial charge >= 0.3 is 0 Å². The predicted octanol–water partition coefficient (Wildman–Crippen LogP) is 2.44. The standard InChI is InChI=1S/C23H19N3O7S/c1-13-10-20(21(26(28)29)11-14(13)2)22-9-6-17(33-22)12-19-15(3)24-25(23(19)27)16-4-7-18(8-5-16)34(30,31)32/h4-12,24H,3H2,1-2H3,(H,30,31,32)/b19-12-. The fourth-order valence-corrected chi connectivity index (χ4v) is 3.94. The van der Waals surface area contributed by atoms with Crippen LogP contribution in [0.3, 0.4) is 0 Å². The lowest BCUT2D eigenvalue weighted by Gasteiger charge is -2.04. The monoisotopic (exact) mass is 481 g/mol. The van der Waals surface area contributed by atoms with Crippen LogP contribution in [0.15, 0.2) is 62.6 Å². The number of nitro benzene ring substituents is 1. The first-order valence-corrected chi connectivity index (χ1v) is 11.3. The minimum Gasteiger partial charge on any atom is -0.456 e. The first kappa shape index (κ1) is 23.0. The van der Waals surface area contributed by atoms with E-state index >= 15 is 0 Å². The highest BCUT2D eigenvalue weighted by Gasteiger charge is 2.19. The van der Waals surface area contributed by atoms with E-state index in [2.05, 4.69) is 11.7 Å². The van der Waals surface area contributed by atoms with Gasteiger partial charge in [-0.05, 0) is 73.5 Å². The number of aromatic nitrogens is 2. The van der Waals surface area contributed by atoms with Crippen molar-refractivity contribution in [2.75, 3.05) is 0 Å². The molecule has 0 aliphatic rings. The third-order valence-corrected chi connectivity index (χ3v) is 6.25. The van der Waals surface area contributed by atoms with Gasteiger partial charge in [0.15, 0.2) is 0 Å². The summed E-state index contributed by atoms with van der Waals surface area (Å²) in [5.41, 5.74) is 1.75. The van der Waals surface area contributed by atoms with Gasteiger partial charge in [0, 0.05) is 6.07 Å². The molecule has 0 fully saturated rings. The summed E-state index contributed by atoms with van der Waals surface area (Å²) in [7, 11) is -4.36. The number of furan rings is 1. The van der Waals surface area contributed by atoms with E-state index < -0.39 is 20.6 Å². The van der Waals surface area contributed by atoms with Crippen molar-refractivity contribution in [2.24, 2.45) is 0 Å². The average molecular weight is 481 g/mol. The zero-order valence-corrected chi connectivity index (χ0v) is 18.9. The second kappa shape index (κ2) is 8.28. The number of hydrogen-bond acceptors (Lipinski definition) is 6. The maximum absolute atomic E-state index is 12.9. The molecular weight excluding hydrogens is 462 g/mol. The fourth-order valence-electron chi connectivity index (χ4n) is 3.46. The van der Waals surface area contributed by atoms with Crippen LogP contribution in [-0.4, -0.2) is 27.7 Å². The summed E-state index contributed by atoms with van der Waals surface area (Å²) in [6.07, 6.45) is 1.46. The Hall–Kier alpha value is -4.22. The van der Waals surface area contributed by atoms with Crippen LogP contribution in [0.1, 0.15) is 16.9 Å². The lowest BCUT2D eigenvalue weighted by atomic mass is 10.0. The molecule has 0 atom stereocenters. The van der Waals surface area contributed by atoms with Crippen LogP contribution in [0, 0.1) is 24.0 Å². The molecule has 11 heteroatoms. The van der Waals surface area contributed by atoms with Crippen molar-refractivity contribution in [3.05, 3.63) is 96.5 Å². The van der Waals surface area contributed by atoms with E-state index in [1.165, 1.54) is 41.1 Å². The fraction of sp³-hybridized carbons (Fsp3) is 0.0870. The Bertz CT molecular complexity index is 1710. The lowest BCUT2D eigenvalue weighted by Crippen LogP contribution is -2.33. The van der Waals surface area contributed by atoms with E-state index in [0.717, 1.165) is 11.1 Å². The summed E-state index contributed by atoms with van der Waals surface area (Å²) < 4.78 is 38.5. The number of nitrogens with one attached hydrogen (secondary N) is 1. The van der Waals surface area contributed by atoms with Gasteiger partial charge in [0.25, 0.3) is 21.4 Å². The summed E-state index contributed by atoms with van der Waals surface area (Å²) >= 11 is 0. The molecule has 0 amide bonds. The van der Waals surface area contributed by atoms with Gasteiger partial charge in [0.1, 0.15) is 11.5 Å².